The Morgan fingerprint density at radius 2 is 2.10 bits per heavy atom. The summed E-state index contributed by atoms with van der Waals surface area (Å²) in [5.74, 6) is 1.83. The van der Waals surface area contributed by atoms with Crippen molar-refractivity contribution in [3.63, 3.8) is 0 Å². The quantitative estimate of drug-likeness (QED) is 0.821. The van der Waals surface area contributed by atoms with Gasteiger partial charge in [-0.15, -0.1) is 0 Å². The predicted octanol–water partition coefficient (Wildman–Crippen LogP) is 2.79. The summed E-state index contributed by atoms with van der Waals surface area (Å²) in [5, 5.41) is 7.29. The van der Waals surface area contributed by atoms with E-state index in [1.165, 1.54) is 37.9 Å². The zero-order valence-electron chi connectivity index (χ0n) is 13.4. The maximum Gasteiger partial charge on any atom is 0.221 e. The third-order valence-corrected chi connectivity index (χ3v) is 5.63. The molecule has 1 amide bonds. The third kappa shape index (κ3) is 5.53. The van der Waals surface area contributed by atoms with Crippen LogP contribution in [-0.2, 0) is 4.79 Å². The summed E-state index contributed by atoms with van der Waals surface area (Å²) < 4.78 is 0. The van der Waals surface area contributed by atoms with Crippen LogP contribution >= 0.6 is 11.8 Å². The molecule has 0 bridgehead atoms. The molecular formula is C16H29N3OS. The first-order valence-electron chi connectivity index (χ1n) is 8.27. The first-order chi connectivity index (χ1) is 10.1. The molecular weight excluding hydrogens is 282 g/mol. The zero-order valence-corrected chi connectivity index (χ0v) is 14.2. The number of carbonyl (C=O) groups excluding carboxylic acids is 1. The molecule has 0 radical (unpaired) electrons. The van der Waals surface area contributed by atoms with Crippen molar-refractivity contribution < 1.29 is 4.79 Å². The molecule has 0 saturated heterocycles. The van der Waals surface area contributed by atoms with Crippen molar-refractivity contribution in [3.8, 4) is 0 Å². The summed E-state index contributed by atoms with van der Waals surface area (Å²) in [6, 6.07) is 0. The van der Waals surface area contributed by atoms with Crippen LogP contribution in [0.4, 0.5) is 0 Å². The lowest BCUT2D eigenvalue weighted by atomic mass is 9.75. The average molecular weight is 311 g/mol. The topological polar surface area (TPSA) is 53.5 Å². The number of nitrogens with one attached hydrogen (secondary N) is 2. The van der Waals surface area contributed by atoms with E-state index in [4.69, 9.17) is 4.99 Å². The summed E-state index contributed by atoms with van der Waals surface area (Å²) in [6.07, 6.45) is 7.34. The minimum atomic E-state index is 0.126. The van der Waals surface area contributed by atoms with Crippen molar-refractivity contribution in [1.82, 2.24) is 10.6 Å². The standard InChI is InChI=1S/C16H29N3OS/c1-13(2)10-18-14(20)6-9-17-15-19-11-16(12-21-15)7-4-3-5-8-16/h13H,3-12H2,1-2H3,(H,17,19)(H,18,20). The van der Waals surface area contributed by atoms with Crippen molar-refractivity contribution in [2.75, 3.05) is 25.4 Å². The smallest absolute Gasteiger partial charge is 0.221 e. The zero-order chi connectivity index (χ0) is 15.1. The van der Waals surface area contributed by atoms with Gasteiger partial charge in [-0.3, -0.25) is 9.79 Å². The predicted molar refractivity (Wildman–Crippen MR) is 90.7 cm³/mol. The molecule has 1 fully saturated rings. The molecule has 1 saturated carbocycles. The van der Waals surface area contributed by atoms with Crippen LogP contribution in [0.5, 0.6) is 0 Å². The summed E-state index contributed by atoms with van der Waals surface area (Å²) in [5.41, 5.74) is 0.475. The van der Waals surface area contributed by atoms with E-state index >= 15 is 0 Å². The highest BCUT2D eigenvalue weighted by Crippen LogP contribution is 2.41. The van der Waals surface area contributed by atoms with Crippen molar-refractivity contribution in [2.24, 2.45) is 16.3 Å². The summed E-state index contributed by atoms with van der Waals surface area (Å²) in [6.45, 7) is 6.63. The lowest BCUT2D eigenvalue weighted by molar-refractivity contribution is -0.121. The number of rotatable bonds is 5. The molecule has 120 valence electrons. The van der Waals surface area contributed by atoms with E-state index in [1.54, 1.807) is 0 Å². The van der Waals surface area contributed by atoms with E-state index in [0.29, 0.717) is 24.3 Å². The van der Waals surface area contributed by atoms with Gasteiger partial charge in [0.15, 0.2) is 5.17 Å². The Morgan fingerprint density at radius 1 is 1.33 bits per heavy atom. The molecule has 1 aliphatic heterocycles. The Balaban J connectivity index is 1.64. The van der Waals surface area contributed by atoms with Crippen molar-refractivity contribution in [2.45, 2.75) is 52.4 Å². The van der Waals surface area contributed by atoms with Crippen molar-refractivity contribution in [1.29, 1.82) is 0 Å². The van der Waals surface area contributed by atoms with Gasteiger partial charge in [-0.2, -0.15) is 0 Å². The Hall–Kier alpha value is -0.710. The number of thioether (sulfide) groups is 1. The fraction of sp³-hybridized carbons (Fsp3) is 0.875. The van der Waals surface area contributed by atoms with Crippen LogP contribution < -0.4 is 10.6 Å². The van der Waals surface area contributed by atoms with Crippen LogP contribution in [0.3, 0.4) is 0 Å². The normalized spacial score (nSPS) is 21.2. The highest BCUT2D eigenvalue weighted by atomic mass is 32.2. The third-order valence-electron chi connectivity index (χ3n) is 4.32. The Morgan fingerprint density at radius 3 is 2.71 bits per heavy atom. The van der Waals surface area contributed by atoms with Gasteiger partial charge in [0.2, 0.25) is 5.91 Å². The van der Waals surface area contributed by atoms with Gasteiger partial charge in [-0.25, -0.2) is 0 Å². The van der Waals surface area contributed by atoms with Crippen LogP contribution in [0.1, 0.15) is 52.4 Å². The molecule has 2 rings (SSSR count). The second kappa shape index (κ2) is 8.06. The van der Waals surface area contributed by atoms with E-state index in [0.717, 1.165) is 18.3 Å². The molecule has 4 nitrogen and oxygen atoms in total. The Kier molecular flexibility index (Phi) is 6.40. The van der Waals surface area contributed by atoms with E-state index in [9.17, 15) is 4.79 Å². The molecule has 1 heterocycles. The van der Waals surface area contributed by atoms with Gasteiger partial charge in [0.05, 0.1) is 0 Å². The van der Waals surface area contributed by atoms with Gasteiger partial charge in [0.1, 0.15) is 0 Å². The molecule has 2 N–H and O–H groups in total. The van der Waals surface area contributed by atoms with Crippen LogP contribution in [-0.4, -0.2) is 36.5 Å². The number of hydrogen-bond donors (Lipinski definition) is 2. The lowest BCUT2D eigenvalue weighted by Crippen LogP contribution is -2.38. The molecule has 0 atom stereocenters. The summed E-state index contributed by atoms with van der Waals surface area (Å²) in [4.78, 5) is 16.3. The molecule has 1 aliphatic carbocycles. The minimum absolute atomic E-state index is 0.126. The van der Waals surface area contributed by atoms with Crippen LogP contribution in [0.2, 0.25) is 0 Å². The highest BCUT2D eigenvalue weighted by molar-refractivity contribution is 8.13. The molecule has 0 unspecified atom stereocenters. The number of amidine groups is 1. The van der Waals surface area contributed by atoms with Crippen LogP contribution in [0.15, 0.2) is 4.99 Å². The van der Waals surface area contributed by atoms with Crippen molar-refractivity contribution in [3.05, 3.63) is 0 Å². The number of amides is 1. The molecule has 1 spiro atoms. The van der Waals surface area contributed by atoms with Gasteiger partial charge in [0, 0.05) is 31.8 Å². The number of nitrogens with zero attached hydrogens (tertiary/aromatic N) is 1. The number of carbonyl (C=O) groups is 1. The molecule has 2 aliphatic rings. The van der Waals surface area contributed by atoms with E-state index in [-0.39, 0.29) is 5.91 Å². The summed E-state index contributed by atoms with van der Waals surface area (Å²) in [7, 11) is 0. The van der Waals surface area contributed by atoms with E-state index in [2.05, 4.69) is 24.5 Å². The second-order valence-electron chi connectivity index (χ2n) is 6.85. The maximum absolute atomic E-state index is 11.6. The number of hydrogen-bond acceptors (Lipinski definition) is 4. The first kappa shape index (κ1) is 16.7. The van der Waals surface area contributed by atoms with E-state index < -0.39 is 0 Å². The van der Waals surface area contributed by atoms with Gasteiger partial charge in [0.25, 0.3) is 0 Å². The molecule has 21 heavy (non-hydrogen) atoms. The SMILES string of the molecule is CC(C)CNC(=O)CCNC1=NCC2(CCCCC2)CS1. The number of aliphatic imine (C=N–C) groups is 1. The Bertz CT molecular complexity index is 376. The van der Waals surface area contributed by atoms with Gasteiger partial charge in [-0.1, -0.05) is 44.9 Å². The first-order valence-corrected chi connectivity index (χ1v) is 9.26. The molecule has 0 aromatic heterocycles. The highest BCUT2D eigenvalue weighted by Gasteiger charge is 2.34. The molecule has 5 heteroatoms. The lowest BCUT2D eigenvalue weighted by Gasteiger charge is -2.38. The summed E-state index contributed by atoms with van der Waals surface area (Å²) >= 11 is 1.85. The maximum atomic E-state index is 11.6. The Labute approximate surface area is 132 Å². The van der Waals surface area contributed by atoms with Gasteiger partial charge in [-0.05, 0) is 24.2 Å². The van der Waals surface area contributed by atoms with Crippen LogP contribution in [0, 0.1) is 11.3 Å². The van der Waals surface area contributed by atoms with E-state index in [1.807, 2.05) is 11.8 Å². The van der Waals surface area contributed by atoms with Crippen molar-refractivity contribution >= 4 is 22.8 Å². The molecule has 0 aromatic rings. The fourth-order valence-electron chi connectivity index (χ4n) is 2.95. The molecule has 0 aromatic carbocycles. The van der Waals surface area contributed by atoms with Gasteiger partial charge < -0.3 is 10.6 Å². The largest absolute Gasteiger partial charge is 0.364 e. The average Bonchev–Trinajstić information content (AvgIpc) is 2.48. The second-order valence-corrected chi connectivity index (χ2v) is 7.81. The fourth-order valence-corrected chi connectivity index (χ4v) is 4.14. The monoisotopic (exact) mass is 311 g/mol. The minimum Gasteiger partial charge on any atom is -0.364 e. The van der Waals surface area contributed by atoms with Gasteiger partial charge >= 0.3 is 0 Å². The van der Waals surface area contributed by atoms with Crippen LogP contribution in [0.25, 0.3) is 0 Å².